The van der Waals surface area contributed by atoms with Crippen LogP contribution in [-0.2, 0) is 0 Å². The average Bonchev–Trinajstić information content (AvgIpc) is 2.23. The Hall–Kier alpha value is -1.78. The van der Waals surface area contributed by atoms with E-state index < -0.39 is 23.1 Å². The highest BCUT2D eigenvalue weighted by molar-refractivity contribution is 5.81. The van der Waals surface area contributed by atoms with Gasteiger partial charge < -0.3 is 4.42 Å². The summed E-state index contributed by atoms with van der Waals surface area (Å²) in [5.74, 6) is -3.46. The Morgan fingerprint density at radius 2 is 1.69 bits per heavy atom. The monoisotopic (exact) mass is 228 g/mol. The van der Waals surface area contributed by atoms with Crippen LogP contribution in [0.5, 0.6) is 0 Å². The van der Waals surface area contributed by atoms with Crippen LogP contribution in [0, 0.1) is 31.3 Å². The lowest BCUT2D eigenvalue weighted by molar-refractivity contribution is 0.470. The molecule has 0 amide bonds. The summed E-state index contributed by atoms with van der Waals surface area (Å²) < 4.78 is 44.5. The maximum atomic E-state index is 13.5. The van der Waals surface area contributed by atoms with Crippen LogP contribution in [-0.4, -0.2) is 0 Å². The van der Waals surface area contributed by atoms with E-state index in [4.69, 9.17) is 0 Å². The van der Waals surface area contributed by atoms with E-state index in [-0.39, 0.29) is 22.1 Å². The van der Waals surface area contributed by atoms with Gasteiger partial charge in [0.2, 0.25) is 5.82 Å². The maximum Gasteiger partial charge on any atom is 0.372 e. The van der Waals surface area contributed by atoms with Crippen LogP contribution < -0.4 is 5.63 Å². The smallest absolute Gasteiger partial charge is 0.372 e. The third-order valence-corrected chi connectivity index (χ3v) is 2.44. The van der Waals surface area contributed by atoms with E-state index in [1.807, 2.05) is 0 Å². The normalized spacial score (nSPS) is 11.1. The van der Waals surface area contributed by atoms with Crippen molar-refractivity contribution in [3.8, 4) is 0 Å². The van der Waals surface area contributed by atoms with Crippen LogP contribution in [0.3, 0.4) is 0 Å². The van der Waals surface area contributed by atoms with E-state index in [9.17, 15) is 18.0 Å². The van der Waals surface area contributed by atoms with E-state index in [2.05, 4.69) is 4.42 Å². The van der Waals surface area contributed by atoms with Crippen molar-refractivity contribution in [1.82, 2.24) is 0 Å². The van der Waals surface area contributed by atoms with Crippen molar-refractivity contribution in [2.24, 2.45) is 0 Å². The predicted molar refractivity (Wildman–Crippen MR) is 51.8 cm³/mol. The minimum absolute atomic E-state index is 0.000779. The lowest BCUT2D eigenvalue weighted by atomic mass is 10.1. The highest BCUT2D eigenvalue weighted by Gasteiger charge is 2.18. The van der Waals surface area contributed by atoms with Gasteiger partial charge in [0, 0.05) is 5.56 Å². The first-order chi connectivity index (χ1) is 7.43. The Morgan fingerprint density at radius 1 is 1.06 bits per heavy atom. The lowest BCUT2D eigenvalue weighted by Gasteiger charge is -2.05. The molecule has 0 N–H and O–H groups in total. The SMILES string of the molecule is Cc1cc2oc(=O)c(F)c(C)c2c(F)c1F. The molecule has 16 heavy (non-hydrogen) atoms. The molecule has 0 aliphatic heterocycles. The number of hydrogen-bond acceptors (Lipinski definition) is 2. The number of aryl methyl sites for hydroxylation is 2. The number of fused-ring (bicyclic) bond motifs is 1. The fourth-order valence-electron chi connectivity index (χ4n) is 1.56. The van der Waals surface area contributed by atoms with Crippen LogP contribution in [0.2, 0.25) is 0 Å². The summed E-state index contributed by atoms with van der Waals surface area (Å²) in [7, 11) is 0. The first-order valence-corrected chi connectivity index (χ1v) is 4.51. The van der Waals surface area contributed by atoms with Crippen molar-refractivity contribution in [3.05, 3.63) is 45.1 Å². The van der Waals surface area contributed by atoms with Crippen molar-refractivity contribution in [2.45, 2.75) is 13.8 Å². The molecule has 0 atom stereocenters. The van der Waals surface area contributed by atoms with Crippen LogP contribution in [0.25, 0.3) is 11.0 Å². The molecule has 2 nitrogen and oxygen atoms in total. The molecule has 0 spiro atoms. The van der Waals surface area contributed by atoms with E-state index in [1.165, 1.54) is 19.9 Å². The molecule has 0 unspecified atom stereocenters. The number of halogens is 3. The van der Waals surface area contributed by atoms with Gasteiger partial charge in [0.25, 0.3) is 0 Å². The van der Waals surface area contributed by atoms with Gasteiger partial charge in [-0.15, -0.1) is 0 Å². The third-order valence-electron chi connectivity index (χ3n) is 2.44. The zero-order chi connectivity index (χ0) is 12.0. The topological polar surface area (TPSA) is 30.2 Å². The molecule has 5 heteroatoms. The van der Waals surface area contributed by atoms with E-state index in [0.29, 0.717) is 0 Å². The summed E-state index contributed by atoms with van der Waals surface area (Å²) in [6, 6.07) is 1.17. The van der Waals surface area contributed by atoms with Gasteiger partial charge in [-0.3, -0.25) is 0 Å². The van der Waals surface area contributed by atoms with E-state index in [1.54, 1.807) is 0 Å². The fraction of sp³-hybridized carbons (Fsp3) is 0.182. The molecular weight excluding hydrogens is 221 g/mol. The van der Waals surface area contributed by atoms with E-state index >= 15 is 0 Å². The van der Waals surface area contributed by atoms with Crippen molar-refractivity contribution in [3.63, 3.8) is 0 Å². The summed E-state index contributed by atoms with van der Waals surface area (Å²) >= 11 is 0. The number of benzene rings is 1. The van der Waals surface area contributed by atoms with Crippen molar-refractivity contribution >= 4 is 11.0 Å². The predicted octanol–water partition coefficient (Wildman–Crippen LogP) is 2.83. The minimum atomic E-state index is -1.20. The molecule has 0 aliphatic rings. The van der Waals surface area contributed by atoms with Crippen molar-refractivity contribution in [1.29, 1.82) is 0 Å². The quantitative estimate of drug-likeness (QED) is 0.649. The first-order valence-electron chi connectivity index (χ1n) is 4.51. The highest BCUT2D eigenvalue weighted by Crippen LogP contribution is 2.26. The van der Waals surface area contributed by atoms with Gasteiger partial charge in [-0.1, -0.05) is 0 Å². The van der Waals surface area contributed by atoms with Crippen molar-refractivity contribution in [2.75, 3.05) is 0 Å². The highest BCUT2D eigenvalue weighted by atomic mass is 19.2. The zero-order valence-electron chi connectivity index (χ0n) is 8.53. The lowest BCUT2D eigenvalue weighted by Crippen LogP contribution is -2.08. The number of rotatable bonds is 0. The van der Waals surface area contributed by atoms with Gasteiger partial charge in [0.15, 0.2) is 11.6 Å². The molecule has 2 rings (SSSR count). The second-order valence-electron chi connectivity index (χ2n) is 3.52. The van der Waals surface area contributed by atoms with Gasteiger partial charge in [-0.2, -0.15) is 4.39 Å². The van der Waals surface area contributed by atoms with Gasteiger partial charge in [-0.05, 0) is 25.5 Å². The Morgan fingerprint density at radius 3 is 2.31 bits per heavy atom. The molecule has 2 aromatic rings. The standard InChI is InChI=1S/C11H7F3O2/c1-4-3-6-7(10(14)8(4)12)5(2)9(13)11(15)16-6/h3H,1-2H3. The fourth-order valence-corrected chi connectivity index (χ4v) is 1.56. The first kappa shape index (κ1) is 10.7. The second kappa shape index (κ2) is 3.37. The average molecular weight is 228 g/mol. The zero-order valence-corrected chi connectivity index (χ0v) is 8.53. The Labute approximate surface area is 88.3 Å². The van der Waals surface area contributed by atoms with Crippen LogP contribution in [0.1, 0.15) is 11.1 Å². The summed E-state index contributed by atoms with van der Waals surface area (Å²) in [5, 5.41) is -0.333. The molecule has 0 bridgehead atoms. The molecular formula is C11H7F3O2. The minimum Gasteiger partial charge on any atom is -0.420 e. The van der Waals surface area contributed by atoms with Crippen LogP contribution >= 0.6 is 0 Å². The maximum absolute atomic E-state index is 13.5. The molecule has 84 valence electrons. The Kier molecular flexibility index (Phi) is 2.26. The molecule has 0 saturated heterocycles. The Balaban J connectivity index is 3.09. The Bertz CT molecular complexity index is 644. The molecule has 0 saturated carbocycles. The van der Waals surface area contributed by atoms with Gasteiger partial charge in [0.05, 0.1) is 5.39 Å². The number of hydrogen-bond donors (Lipinski definition) is 0. The molecule has 0 fully saturated rings. The summed E-state index contributed by atoms with van der Waals surface area (Å²) in [6.45, 7) is 2.53. The van der Waals surface area contributed by atoms with Gasteiger partial charge in [-0.25, -0.2) is 13.6 Å². The molecule has 1 aromatic carbocycles. The van der Waals surface area contributed by atoms with Gasteiger partial charge in [0.1, 0.15) is 5.58 Å². The van der Waals surface area contributed by atoms with Crippen LogP contribution in [0.4, 0.5) is 13.2 Å². The summed E-state index contributed by atoms with van der Waals surface area (Å²) in [5.41, 5.74) is -1.59. The molecule has 1 heterocycles. The molecule has 1 aromatic heterocycles. The summed E-state index contributed by atoms with van der Waals surface area (Å²) in [4.78, 5) is 11.0. The summed E-state index contributed by atoms with van der Waals surface area (Å²) in [6.07, 6.45) is 0. The molecule has 0 radical (unpaired) electrons. The van der Waals surface area contributed by atoms with E-state index in [0.717, 1.165) is 0 Å². The third kappa shape index (κ3) is 1.31. The largest absolute Gasteiger partial charge is 0.420 e. The second-order valence-corrected chi connectivity index (χ2v) is 3.52. The van der Waals surface area contributed by atoms with Gasteiger partial charge >= 0.3 is 5.63 Å². The molecule has 0 aliphatic carbocycles. The van der Waals surface area contributed by atoms with Crippen molar-refractivity contribution < 1.29 is 17.6 Å². The van der Waals surface area contributed by atoms with Crippen LogP contribution in [0.15, 0.2) is 15.3 Å².